The van der Waals surface area contributed by atoms with Crippen LogP contribution >= 0.6 is 0 Å². The maximum Gasteiger partial charge on any atom is 0.241 e. The maximum atomic E-state index is 10.7. The molecule has 0 aliphatic rings. The average Bonchev–Trinajstić information content (AvgIpc) is 2.20. The molecule has 0 bridgehead atoms. The predicted molar refractivity (Wildman–Crippen MR) is 60.3 cm³/mol. The second-order valence-electron chi connectivity index (χ2n) is 3.40. The lowest BCUT2D eigenvalue weighted by Crippen LogP contribution is -2.33. The van der Waals surface area contributed by atoms with E-state index in [2.05, 4.69) is 6.58 Å². The standard InChI is InChI=1S/C11H19NO3/c1-3-5-7-8-10(12(14)15)11(13)9-6-4-2/h4-5,7,10-11,13H,2-3,6,8-9H2,1H3/b7-5-. The molecule has 0 aliphatic carbocycles. The van der Waals surface area contributed by atoms with Gasteiger partial charge in [-0.3, -0.25) is 10.1 Å². The minimum absolute atomic E-state index is 0.291. The second kappa shape index (κ2) is 8.17. The molecule has 0 saturated carbocycles. The Morgan fingerprint density at radius 1 is 1.53 bits per heavy atom. The second-order valence-corrected chi connectivity index (χ2v) is 3.40. The van der Waals surface area contributed by atoms with E-state index in [4.69, 9.17) is 0 Å². The van der Waals surface area contributed by atoms with E-state index in [0.29, 0.717) is 19.3 Å². The molecule has 4 nitrogen and oxygen atoms in total. The van der Waals surface area contributed by atoms with Gasteiger partial charge in [0.2, 0.25) is 6.04 Å². The van der Waals surface area contributed by atoms with Gasteiger partial charge in [-0.05, 0) is 19.3 Å². The molecule has 2 atom stereocenters. The summed E-state index contributed by atoms with van der Waals surface area (Å²) < 4.78 is 0. The number of rotatable bonds is 8. The molecule has 0 heterocycles. The van der Waals surface area contributed by atoms with Gasteiger partial charge in [-0.2, -0.15) is 0 Å². The van der Waals surface area contributed by atoms with Crippen molar-refractivity contribution in [2.75, 3.05) is 0 Å². The molecule has 0 aromatic carbocycles. The van der Waals surface area contributed by atoms with Crippen molar-refractivity contribution in [1.29, 1.82) is 0 Å². The Morgan fingerprint density at radius 2 is 2.20 bits per heavy atom. The van der Waals surface area contributed by atoms with E-state index in [1.807, 2.05) is 13.0 Å². The van der Waals surface area contributed by atoms with Crippen molar-refractivity contribution in [3.63, 3.8) is 0 Å². The monoisotopic (exact) mass is 213 g/mol. The van der Waals surface area contributed by atoms with Crippen molar-refractivity contribution in [2.24, 2.45) is 0 Å². The topological polar surface area (TPSA) is 63.4 Å². The predicted octanol–water partition coefficient (Wildman–Crippen LogP) is 2.32. The molecule has 0 aromatic rings. The van der Waals surface area contributed by atoms with Gasteiger partial charge in [-0.25, -0.2) is 0 Å². The van der Waals surface area contributed by atoms with Crippen molar-refractivity contribution in [2.45, 2.75) is 44.8 Å². The van der Waals surface area contributed by atoms with Gasteiger partial charge in [0.15, 0.2) is 0 Å². The molecule has 0 saturated heterocycles. The third-order valence-electron chi connectivity index (χ3n) is 2.16. The molecule has 1 N–H and O–H groups in total. The zero-order valence-corrected chi connectivity index (χ0v) is 9.13. The molecule has 0 aromatic heterocycles. The summed E-state index contributed by atoms with van der Waals surface area (Å²) >= 11 is 0. The number of nitro groups is 1. The summed E-state index contributed by atoms with van der Waals surface area (Å²) in [6.07, 6.45) is 6.54. The highest BCUT2D eigenvalue weighted by molar-refractivity contribution is 4.86. The number of aliphatic hydroxyl groups excluding tert-OH is 1. The molecule has 4 heteroatoms. The van der Waals surface area contributed by atoms with Gasteiger partial charge < -0.3 is 5.11 Å². The molecule has 2 unspecified atom stereocenters. The number of nitrogens with zero attached hydrogens (tertiary/aromatic N) is 1. The zero-order chi connectivity index (χ0) is 11.7. The van der Waals surface area contributed by atoms with Gasteiger partial charge in [-0.1, -0.05) is 25.2 Å². The minimum Gasteiger partial charge on any atom is -0.386 e. The Kier molecular flexibility index (Phi) is 7.54. The Balaban J connectivity index is 4.18. The van der Waals surface area contributed by atoms with Crippen molar-refractivity contribution in [3.8, 4) is 0 Å². The van der Waals surface area contributed by atoms with E-state index >= 15 is 0 Å². The number of hydrogen-bond acceptors (Lipinski definition) is 3. The van der Waals surface area contributed by atoms with Crippen LogP contribution in [0.4, 0.5) is 0 Å². The summed E-state index contributed by atoms with van der Waals surface area (Å²) in [5, 5.41) is 20.3. The molecule has 0 amide bonds. The van der Waals surface area contributed by atoms with Crippen LogP contribution in [0.1, 0.15) is 32.6 Å². The van der Waals surface area contributed by atoms with Crippen molar-refractivity contribution < 1.29 is 10.0 Å². The van der Waals surface area contributed by atoms with E-state index < -0.39 is 17.1 Å². The first kappa shape index (κ1) is 13.8. The first-order valence-corrected chi connectivity index (χ1v) is 5.20. The highest BCUT2D eigenvalue weighted by atomic mass is 16.6. The van der Waals surface area contributed by atoms with Crippen LogP contribution in [0.25, 0.3) is 0 Å². The van der Waals surface area contributed by atoms with Crippen molar-refractivity contribution in [3.05, 3.63) is 34.9 Å². The van der Waals surface area contributed by atoms with Crippen LogP contribution < -0.4 is 0 Å². The molecule has 0 rings (SSSR count). The molecular weight excluding hydrogens is 194 g/mol. The fraction of sp³-hybridized carbons (Fsp3) is 0.636. The van der Waals surface area contributed by atoms with Crippen LogP contribution in [0.2, 0.25) is 0 Å². The third kappa shape index (κ3) is 6.01. The SMILES string of the molecule is C=CCCC(O)C(C/C=C\CC)[N+](=O)[O-]. The van der Waals surface area contributed by atoms with Gasteiger partial charge in [0.25, 0.3) is 0 Å². The van der Waals surface area contributed by atoms with Crippen LogP contribution in [-0.4, -0.2) is 22.2 Å². The quantitative estimate of drug-likeness (QED) is 0.382. The highest BCUT2D eigenvalue weighted by Gasteiger charge is 2.27. The summed E-state index contributed by atoms with van der Waals surface area (Å²) in [6.45, 7) is 5.48. The molecule has 86 valence electrons. The van der Waals surface area contributed by atoms with Crippen LogP contribution in [0, 0.1) is 10.1 Å². The van der Waals surface area contributed by atoms with Gasteiger partial charge >= 0.3 is 0 Å². The Labute approximate surface area is 90.5 Å². The summed E-state index contributed by atoms with van der Waals surface area (Å²) in [6, 6.07) is -0.896. The van der Waals surface area contributed by atoms with Gasteiger partial charge in [0, 0.05) is 11.3 Å². The maximum absolute atomic E-state index is 10.7. The van der Waals surface area contributed by atoms with Crippen molar-refractivity contribution >= 4 is 0 Å². The van der Waals surface area contributed by atoms with E-state index in [9.17, 15) is 15.2 Å². The number of hydrogen-bond donors (Lipinski definition) is 1. The van der Waals surface area contributed by atoms with Crippen LogP contribution in [0.15, 0.2) is 24.8 Å². The van der Waals surface area contributed by atoms with Crippen molar-refractivity contribution in [1.82, 2.24) is 0 Å². The molecule has 0 spiro atoms. The first-order chi connectivity index (χ1) is 7.13. The molecule has 15 heavy (non-hydrogen) atoms. The average molecular weight is 213 g/mol. The Hall–Kier alpha value is -1.16. The van der Waals surface area contributed by atoms with Crippen LogP contribution in [-0.2, 0) is 0 Å². The van der Waals surface area contributed by atoms with Gasteiger partial charge in [-0.15, -0.1) is 6.58 Å². The summed E-state index contributed by atoms with van der Waals surface area (Å²) in [5.74, 6) is 0. The van der Waals surface area contributed by atoms with E-state index in [-0.39, 0.29) is 0 Å². The lowest BCUT2D eigenvalue weighted by molar-refractivity contribution is -0.533. The van der Waals surface area contributed by atoms with Gasteiger partial charge in [0.05, 0.1) is 0 Å². The number of allylic oxidation sites excluding steroid dienone is 2. The van der Waals surface area contributed by atoms with Crippen LogP contribution in [0.5, 0.6) is 0 Å². The number of aliphatic hydroxyl groups is 1. The molecular formula is C11H19NO3. The summed E-state index contributed by atoms with van der Waals surface area (Å²) in [7, 11) is 0. The largest absolute Gasteiger partial charge is 0.386 e. The van der Waals surface area contributed by atoms with Gasteiger partial charge in [0.1, 0.15) is 6.10 Å². The lowest BCUT2D eigenvalue weighted by Gasteiger charge is -2.13. The molecule has 0 fully saturated rings. The highest BCUT2D eigenvalue weighted by Crippen LogP contribution is 2.10. The third-order valence-corrected chi connectivity index (χ3v) is 2.16. The minimum atomic E-state index is -0.896. The molecule has 0 aliphatic heterocycles. The smallest absolute Gasteiger partial charge is 0.241 e. The summed E-state index contributed by atoms with van der Waals surface area (Å²) in [4.78, 5) is 10.3. The fourth-order valence-corrected chi connectivity index (χ4v) is 1.27. The fourth-order valence-electron chi connectivity index (χ4n) is 1.27. The first-order valence-electron chi connectivity index (χ1n) is 5.20. The van der Waals surface area contributed by atoms with E-state index in [1.54, 1.807) is 12.2 Å². The van der Waals surface area contributed by atoms with E-state index in [0.717, 1.165) is 6.42 Å². The lowest BCUT2D eigenvalue weighted by atomic mass is 10.0. The van der Waals surface area contributed by atoms with E-state index in [1.165, 1.54) is 0 Å². The normalized spacial score (nSPS) is 15.1. The zero-order valence-electron chi connectivity index (χ0n) is 9.13. The van der Waals surface area contributed by atoms with Crippen LogP contribution in [0.3, 0.4) is 0 Å². The Bertz CT molecular complexity index is 226. The Morgan fingerprint density at radius 3 is 2.67 bits per heavy atom. The molecule has 0 radical (unpaired) electrons. The summed E-state index contributed by atoms with van der Waals surface area (Å²) in [5.41, 5.74) is 0.